The summed E-state index contributed by atoms with van der Waals surface area (Å²) >= 11 is 3.42. The molecular weight excluding hydrogens is 284 g/mol. The van der Waals surface area contributed by atoms with Crippen LogP contribution >= 0.6 is 15.9 Å². The van der Waals surface area contributed by atoms with Gasteiger partial charge in [0.1, 0.15) is 5.82 Å². The predicted molar refractivity (Wildman–Crippen MR) is 71.2 cm³/mol. The fraction of sp³-hybridized carbons (Fsp3) is 0.636. The highest BCUT2D eigenvalue weighted by Crippen LogP contribution is 2.36. The molecule has 6 heteroatoms. The fourth-order valence-electron chi connectivity index (χ4n) is 1.88. The van der Waals surface area contributed by atoms with Crippen LogP contribution in [-0.2, 0) is 0 Å². The van der Waals surface area contributed by atoms with Crippen LogP contribution in [0.5, 0.6) is 0 Å². The molecule has 0 spiro atoms. The summed E-state index contributed by atoms with van der Waals surface area (Å²) in [5.74, 6) is 1.34. The maximum Gasteiger partial charge on any atom is 0.224 e. The second-order valence-electron chi connectivity index (χ2n) is 4.34. The lowest BCUT2D eigenvalue weighted by atomic mass is 9.77. The second-order valence-corrected chi connectivity index (χ2v) is 5.19. The first kappa shape index (κ1) is 12.6. The fourth-order valence-corrected chi connectivity index (χ4v) is 2.17. The molecule has 5 nitrogen and oxygen atoms in total. The maximum absolute atomic E-state index is 9.42. The van der Waals surface area contributed by atoms with Crippen LogP contribution in [0.1, 0.15) is 26.2 Å². The molecule has 17 heavy (non-hydrogen) atoms. The van der Waals surface area contributed by atoms with Gasteiger partial charge in [0.2, 0.25) is 5.95 Å². The Morgan fingerprint density at radius 2 is 2.29 bits per heavy atom. The van der Waals surface area contributed by atoms with Crippen molar-refractivity contribution in [2.45, 2.75) is 31.7 Å². The number of anilines is 2. The molecule has 2 rings (SSSR count). The van der Waals surface area contributed by atoms with E-state index in [0.717, 1.165) is 36.1 Å². The zero-order valence-corrected chi connectivity index (χ0v) is 11.4. The molecule has 1 aromatic rings. The third-order valence-electron chi connectivity index (χ3n) is 3.08. The Bertz CT molecular complexity index is 390. The van der Waals surface area contributed by atoms with Gasteiger partial charge in [0.25, 0.3) is 0 Å². The Labute approximate surface area is 109 Å². The maximum atomic E-state index is 9.42. The average molecular weight is 301 g/mol. The van der Waals surface area contributed by atoms with Crippen LogP contribution in [0.4, 0.5) is 11.8 Å². The van der Waals surface area contributed by atoms with E-state index in [1.165, 1.54) is 0 Å². The topological polar surface area (TPSA) is 70.1 Å². The molecule has 0 aliphatic heterocycles. The third-order valence-corrected chi connectivity index (χ3v) is 3.66. The number of hydrogen-bond donors (Lipinski definition) is 3. The van der Waals surface area contributed by atoms with E-state index in [2.05, 4.69) is 36.5 Å². The van der Waals surface area contributed by atoms with Crippen molar-refractivity contribution in [2.75, 3.05) is 23.8 Å². The summed E-state index contributed by atoms with van der Waals surface area (Å²) in [4.78, 5) is 8.54. The first-order chi connectivity index (χ1) is 8.19. The molecule has 1 aliphatic rings. The molecule has 1 fully saturated rings. The van der Waals surface area contributed by atoms with Gasteiger partial charge in [0, 0.05) is 12.7 Å². The third kappa shape index (κ3) is 2.69. The Morgan fingerprint density at radius 3 is 2.82 bits per heavy atom. The number of aromatic nitrogens is 2. The Kier molecular flexibility index (Phi) is 3.83. The highest BCUT2D eigenvalue weighted by atomic mass is 79.9. The normalized spacial score (nSPS) is 17.4. The average Bonchev–Trinajstić information content (AvgIpc) is 2.28. The minimum absolute atomic E-state index is 0.139. The van der Waals surface area contributed by atoms with Crippen molar-refractivity contribution in [3.63, 3.8) is 0 Å². The Hall–Kier alpha value is -0.880. The van der Waals surface area contributed by atoms with Crippen LogP contribution in [0.3, 0.4) is 0 Å². The predicted octanol–water partition coefficient (Wildman–Crippen LogP) is 2.00. The number of rotatable bonds is 5. The zero-order valence-electron chi connectivity index (χ0n) is 9.83. The molecule has 0 aromatic carbocycles. The van der Waals surface area contributed by atoms with E-state index in [9.17, 15) is 5.11 Å². The number of hydrogen-bond acceptors (Lipinski definition) is 5. The van der Waals surface area contributed by atoms with E-state index in [1.807, 2.05) is 6.92 Å². The summed E-state index contributed by atoms with van der Waals surface area (Å²) in [6.45, 7) is 2.92. The van der Waals surface area contributed by atoms with Crippen molar-refractivity contribution < 1.29 is 5.11 Å². The van der Waals surface area contributed by atoms with Gasteiger partial charge in [-0.15, -0.1) is 0 Å². The lowest BCUT2D eigenvalue weighted by Gasteiger charge is -2.41. The van der Waals surface area contributed by atoms with Crippen molar-refractivity contribution in [2.24, 2.45) is 0 Å². The van der Waals surface area contributed by atoms with Crippen LogP contribution in [0.25, 0.3) is 0 Å². The molecule has 0 bridgehead atoms. The quantitative estimate of drug-likeness (QED) is 0.776. The monoisotopic (exact) mass is 300 g/mol. The molecular formula is C11H17BrN4O. The zero-order chi connectivity index (χ0) is 12.3. The van der Waals surface area contributed by atoms with Crippen LogP contribution in [-0.4, -0.2) is 33.8 Å². The van der Waals surface area contributed by atoms with Crippen molar-refractivity contribution in [1.29, 1.82) is 0 Å². The molecule has 1 saturated carbocycles. The van der Waals surface area contributed by atoms with Crippen LogP contribution in [0.2, 0.25) is 0 Å². The van der Waals surface area contributed by atoms with E-state index in [-0.39, 0.29) is 12.1 Å². The van der Waals surface area contributed by atoms with E-state index in [4.69, 9.17) is 0 Å². The van der Waals surface area contributed by atoms with Gasteiger partial charge in [-0.05, 0) is 42.1 Å². The number of aliphatic hydroxyl groups excluding tert-OH is 1. The van der Waals surface area contributed by atoms with Gasteiger partial charge in [-0.1, -0.05) is 0 Å². The summed E-state index contributed by atoms with van der Waals surface area (Å²) in [5.41, 5.74) is -0.194. The van der Waals surface area contributed by atoms with Crippen LogP contribution < -0.4 is 10.6 Å². The summed E-state index contributed by atoms with van der Waals surface area (Å²) in [7, 11) is 0. The van der Waals surface area contributed by atoms with E-state index in [0.29, 0.717) is 5.95 Å². The largest absolute Gasteiger partial charge is 0.394 e. The van der Waals surface area contributed by atoms with Gasteiger partial charge < -0.3 is 15.7 Å². The lowest BCUT2D eigenvalue weighted by Crippen LogP contribution is -2.48. The molecule has 0 amide bonds. The van der Waals surface area contributed by atoms with Gasteiger partial charge in [-0.2, -0.15) is 4.98 Å². The van der Waals surface area contributed by atoms with Crippen molar-refractivity contribution in [3.05, 3.63) is 10.7 Å². The van der Waals surface area contributed by atoms with E-state index in [1.54, 1.807) is 6.20 Å². The standard InChI is InChI=1S/C11H17BrN4O/c1-2-13-10-14-6-8(12)9(15-10)16-11(7-17)4-3-5-11/h6,17H,2-5,7H2,1H3,(H2,13,14,15,16). The lowest BCUT2D eigenvalue weighted by molar-refractivity contribution is 0.143. The van der Waals surface area contributed by atoms with Crippen LogP contribution in [0.15, 0.2) is 10.7 Å². The SMILES string of the molecule is CCNc1ncc(Br)c(NC2(CO)CCC2)n1. The van der Waals surface area contributed by atoms with Gasteiger partial charge in [-0.25, -0.2) is 4.98 Å². The first-order valence-corrected chi connectivity index (χ1v) is 6.64. The van der Waals surface area contributed by atoms with Crippen LogP contribution in [0, 0.1) is 0 Å². The second kappa shape index (κ2) is 5.18. The number of aliphatic hydroxyl groups is 1. The number of nitrogens with one attached hydrogen (secondary N) is 2. The van der Waals surface area contributed by atoms with E-state index >= 15 is 0 Å². The molecule has 94 valence electrons. The summed E-state index contributed by atoms with van der Waals surface area (Å²) < 4.78 is 0.818. The highest BCUT2D eigenvalue weighted by Gasteiger charge is 2.37. The molecule has 1 aliphatic carbocycles. The minimum Gasteiger partial charge on any atom is -0.394 e. The molecule has 0 atom stereocenters. The Balaban J connectivity index is 2.16. The Morgan fingerprint density at radius 1 is 1.53 bits per heavy atom. The molecule has 1 aromatic heterocycles. The summed E-state index contributed by atoms with van der Waals surface area (Å²) in [6, 6.07) is 0. The molecule has 3 N–H and O–H groups in total. The van der Waals surface area contributed by atoms with Crippen molar-refractivity contribution >= 4 is 27.7 Å². The number of halogens is 1. The van der Waals surface area contributed by atoms with Gasteiger partial charge in [0.15, 0.2) is 0 Å². The van der Waals surface area contributed by atoms with Crippen molar-refractivity contribution in [3.8, 4) is 0 Å². The first-order valence-electron chi connectivity index (χ1n) is 5.84. The number of nitrogens with zero attached hydrogens (tertiary/aromatic N) is 2. The molecule has 0 saturated heterocycles. The van der Waals surface area contributed by atoms with Gasteiger partial charge >= 0.3 is 0 Å². The minimum atomic E-state index is -0.194. The molecule has 0 unspecified atom stereocenters. The smallest absolute Gasteiger partial charge is 0.224 e. The van der Waals surface area contributed by atoms with Gasteiger partial charge in [-0.3, -0.25) is 0 Å². The summed E-state index contributed by atoms with van der Waals surface area (Å²) in [5, 5.41) is 15.8. The highest BCUT2D eigenvalue weighted by molar-refractivity contribution is 9.10. The summed E-state index contributed by atoms with van der Waals surface area (Å²) in [6.07, 6.45) is 4.83. The van der Waals surface area contributed by atoms with E-state index < -0.39 is 0 Å². The molecule has 1 heterocycles. The molecule has 0 radical (unpaired) electrons. The van der Waals surface area contributed by atoms with Gasteiger partial charge in [0.05, 0.1) is 16.6 Å². The van der Waals surface area contributed by atoms with Crippen molar-refractivity contribution in [1.82, 2.24) is 9.97 Å².